The van der Waals surface area contributed by atoms with Crippen LogP contribution in [0.5, 0.6) is 0 Å². The van der Waals surface area contributed by atoms with Crippen molar-refractivity contribution in [2.24, 2.45) is 17.7 Å². The smallest absolute Gasteiger partial charge is 0.0944 e. The number of nitrogens with zero attached hydrogens (tertiary/aromatic N) is 1. The van der Waals surface area contributed by atoms with E-state index in [0.29, 0.717) is 6.04 Å². The minimum Gasteiger partial charge on any atom is -0.271 e. The summed E-state index contributed by atoms with van der Waals surface area (Å²) in [4.78, 5) is 4.73. The van der Waals surface area contributed by atoms with Gasteiger partial charge in [-0.15, -0.1) is 11.3 Å². The minimum atomic E-state index is 0.146. The van der Waals surface area contributed by atoms with E-state index in [1.807, 2.05) is 0 Å². The molecule has 1 heterocycles. The molecule has 3 unspecified atom stereocenters. The van der Waals surface area contributed by atoms with Gasteiger partial charge in [0.1, 0.15) is 0 Å². The molecule has 4 heteroatoms. The zero-order valence-electron chi connectivity index (χ0n) is 11.2. The van der Waals surface area contributed by atoms with Crippen molar-refractivity contribution < 1.29 is 0 Å². The van der Waals surface area contributed by atoms with Crippen molar-refractivity contribution in [1.29, 1.82) is 0 Å². The van der Waals surface area contributed by atoms with Gasteiger partial charge in [-0.05, 0) is 18.3 Å². The van der Waals surface area contributed by atoms with E-state index in [-0.39, 0.29) is 5.41 Å². The molecule has 0 amide bonds. The lowest BCUT2D eigenvalue weighted by Gasteiger charge is -2.15. The van der Waals surface area contributed by atoms with E-state index in [1.54, 1.807) is 11.3 Å². The minimum absolute atomic E-state index is 0.146. The molecule has 1 aliphatic rings. The molecule has 0 radical (unpaired) electrons. The lowest BCUT2D eigenvalue weighted by Crippen LogP contribution is -2.38. The van der Waals surface area contributed by atoms with Crippen LogP contribution < -0.4 is 11.3 Å². The molecule has 1 fully saturated rings. The average molecular weight is 253 g/mol. The first-order chi connectivity index (χ1) is 7.91. The third-order valence-electron chi connectivity index (χ3n) is 3.62. The van der Waals surface area contributed by atoms with Crippen LogP contribution in [0.15, 0.2) is 5.38 Å². The Hall–Kier alpha value is -0.450. The Morgan fingerprint density at radius 1 is 1.59 bits per heavy atom. The van der Waals surface area contributed by atoms with Crippen molar-refractivity contribution in [3.8, 4) is 0 Å². The lowest BCUT2D eigenvalue weighted by molar-refractivity contribution is 0.452. The predicted octanol–water partition coefficient (Wildman–Crippen LogP) is 2.47. The van der Waals surface area contributed by atoms with E-state index in [9.17, 15) is 0 Å². The largest absolute Gasteiger partial charge is 0.271 e. The lowest BCUT2D eigenvalue weighted by atomic mass is 9.93. The Bertz CT molecular complexity index is 380. The van der Waals surface area contributed by atoms with E-state index >= 15 is 0 Å². The Morgan fingerprint density at radius 3 is 2.65 bits per heavy atom. The van der Waals surface area contributed by atoms with E-state index in [4.69, 9.17) is 10.8 Å². The van der Waals surface area contributed by atoms with Crippen LogP contribution in [-0.4, -0.2) is 11.0 Å². The van der Waals surface area contributed by atoms with E-state index < -0.39 is 0 Å². The van der Waals surface area contributed by atoms with Crippen molar-refractivity contribution >= 4 is 11.3 Å². The molecular formula is C13H23N3S. The standard InChI is InChI=1S/C13H23N3S/c1-8-5-9(8)10(16-14)6-12-15-11(7-17-12)13(2,3)4/h7-10,16H,5-6,14H2,1-4H3. The Balaban J connectivity index is 2.01. The van der Waals surface area contributed by atoms with Crippen molar-refractivity contribution in [1.82, 2.24) is 10.4 Å². The number of aromatic nitrogens is 1. The maximum Gasteiger partial charge on any atom is 0.0944 e. The topological polar surface area (TPSA) is 50.9 Å². The van der Waals surface area contributed by atoms with Crippen LogP contribution >= 0.6 is 11.3 Å². The highest BCUT2D eigenvalue weighted by molar-refractivity contribution is 7.09. The van der Waals surface area contributed by atoms with Gasteiger partial charge in [0.05, 0.1) is 10.7 Å². The van der Waals surface area contributed by atoms with Gasteiger partial charge in [-0.2, -0.15) is 0 Å². The number of nitrogens with two attached hydrogens (primary N) is 1. The number of hydrogen-bond donors (Lipinski definition) is 2. The summed E-state index contributed by atoms with van der Waals surface area (Å²) in [6.07, 6.45) is 2.26. The molecule has 17 heavy (non-hydrogen) atoms. The summed E-state index contributed by atoms with van der Waals surface area (Å²) in [6, 6.07) is 0.393. The maximum atomic E-state index is 5.64. The second-order valence-corrected chi connectivity index (χ2v) is 7.17. The van der Waals surface area contributed by atoms with E-state index in [0.717, 1.165) is 18.3 Å². The highest BCUT2D eigenvalue weighted by Gasteiger charge is 2.39. The van der Waals surface area contributed by atoms with Gasteiger partial charge in [0, 0.05) is 23.3 Å². The highest BCUT2D eigenvalue weighted by Crippen LogP contribution is 2.41. The second-order valence-electron chi connectivity index (χ2n) is 6.23. The quantitative estimate of drug-likeness (QED) is 0.640. The molecule has 96 valence electrons. The van der Waals surface area contributed by atoms with Gasteiger partial charge in [-0.25, -0.2) is 4.98 Å². The fourth-order valence-corrected chi connectivity index (χ4v) is 3.26. The van der Waals surface area contributed by atoms with Gasteiger partial charge in [0.15, 0.2) is 0 Å². The van der Waals surface area contributed by atoms with Crippen LogP contribution in [0.4, 0.5) is 0 Å². The fraction of sp³-hybridized carbons (Fsp3) is 0.769. The van der Waals surface area contributed by atoms with Crippen LogP contribution in [-0.2, 0) is 11.8 Å². The van der Waals surface area contributed by atoms with Crippen molar-refractivity contribution in [3.63, 3.8) is 0 Å². The zero-order chi connectivity index (χ0) is 12.6. The van der Waals surface area contributed by atoms with Gasteiger partial charge < -0.3 is 0 Å². The first-order valence-corrected chi connectivity index (χ1v) is 7.21. The summed E-state index contributed by atoms with van der Waals surface area (Å²) in [5.74, 6) is 7.20. The van der Waals surface area contributed by atoms with E-state index in [2.05, 4.69) is 38.5 Å². The van der Waals surface area contributed by atoms with Gasteiger partial charge in [-0.1, -0.05) is 27.7 Å². The SMILES string of the molecule is CC1CC1C(Cc1nc(C(C)(C)C)cs1)NN. The molecule has 1 aromatic rings. The van der Waals surface area contributed by atoms with Crippen LogP contribution in [0.2, 0.25) is 0 Å². The number of hydrazine groups is 1. The number of rotatable bonds is 4. The normalized spacial score (nSPS) is 25.9. The zero-order valence-corrected chi connectivity index (χ0v) is 12.0. The third kappa shape index (κ3) is 3.06. The number of nitrogens with one attached hydrogen (secondary N) is 1. The molecule has 3 atom stereocenters. The third-order valence-corrected chi connectivity index (χ3v) is 4.49. The predicted molar refractivity (Wildman–Crippen MR) is 72.9 cm³/mol. The van der Waals surface area contributed by atoms with Crippen molar-refractivity contribution in [2.75, 3.05) is 0 Å². The molecule has 1 aromatic heterocycles. The average Bonchev–Trinajstić information content (AvgIpc) is 2.79. The molecule has 0 aromatic carbocycles. The highest BCUT2D eigenvalue weighted by atomic mass is 32.1. The molecule has 0 bridgehead atoms. The molecule has 3 nitrogen and oxygen atoms in total. The van der Waals surface area contributed by atoms with Gasteiger partial charge >= 0.3 is 0 Å². The molecular weight excluding hydrogens is 230 g/mol. The van der Waals surface area contributed by atoms with Crippen LogP contribution in [0, 0.1) is 11.8 Å². The summed E-state index contributed by atoms with van der Waals surface area (Å²) in [7, 11) is 0. The summed E-state index contributed by atoms with van der Waals surface area (Å²) < 4.78 is 0. The summed E-state index contributed by atoms with van der Waals surface area (Å²) in [6.45, 7) is 8.89. The maximum absolute atomic E-state index is 5.64. The summed E-state index contributed by atoms with van der Waals surface area (Å²) in [5.41, 5.74) is 4.30. The van der Waals surface area contributed by atoms with Crippen molar-refractivity contribution in [3.05, 3.63) is 16.1 Å². The van der Waals surface area contributed by atoms with Crippen LogP contribution in [0.25, 0.3) is 0 Å². The monoisotopic (exact) mass is 253 g/mol. The Morgan fingerprint density at radius 2 is 2.24 bits per heavy atom. The van der Waals surface area contributed by atoms with Crippen molar-refractivity contribution in [2.45, 2.75) is 52.0 Å². The molecule has 0 aliphatic heterocycles. The van der Waals surface area contributed by atoms with Gasteiger partial charge in [-0.3, -0.25) is 11.3 Å². The molecule has 0 saturated heterocycles. The fourth-order valence-electron chi connectivity index (χ4n) is 2.18. The molecule has 1 saturated carbocycles. The van der Waals surface area contributed by atoms with Crippen LogP contribution in [0.3, 0.4) is 0 Å². The van der Waals surface area contributed by atoms with E-state index in [1.165, 1.54) is 17.1 Å². The Kier molecular flexibility index (Phi) is 3.57. The van der Waals surface area contributed by atoms with Crippen LogP contribution in [0.1, 0.15) is 44.8 Å². The number of thiazole rings is 1. The second kappa shape index (κ2) is 4.67. The summed E-state index contributed by atoms with van der Waals surface area (Å²) >= 11 is 1.76. The molecule has 3 N–H and O–H groups in total. The van der Waals surface area contributed by atoms with Gasteiger partial charge in [0.2, 0.25) is 0 Å². The number of hydrogen-bond acceptors (Lipinski definition) is 4. The molecule has 0 spiro atoms. The first-order valence-electron chi connectivity index (χ1n) is 6.33. The molecule has 1 aliphatic carbocycles. The first kappa shape index (κ1) is 13.0. The Labute approximate surface area is 108 Å². The van der Waals surface area contributed by atoms with Gasteiger partial charge in [0.25, 0.3) is 0 Å². The molecule has 2 rings (SSSR count). The summed E-state index contributed by atoms with van der Waals surface area (Å²) in [5, 5.41) is 3.39.